The Morgan fingerprint density at radius 2 is 1.21 bits per heavy atom. The molecule has 24 heavy (non-hydrogen) atoms. The van der Waals surface area contributed by atoms with E-state index in [1.807, 2.05) is 0 Å². The molecule has 142 valence electrons. The molecule has 2 heterocycles. The normalized spacial score (nSPS) is 25.9. The molecule has 0 saturated carbocycles. The third kappa shape index (κ3) is 9.68. The molecule has 0 aromatic heterocycles. The van der Waals surface area contributed by atoms with Crippen LogP contribution in [0.3, 0.4) is 0 Å². The molecule has 2 aliphatic rings. The van der Waals surface area contributed by atoms with Gasteiger partial charge in [0.2, 0.25) is 0 Å². The van der Waals surface area contributed by atoms with E-state index in [4.69, 9.17) is 9.47 Å². The van der Waals surface area contributed by atoms with Crippen LogP contribution < -0.4 is 0 Å². The fourth-order valence-electron chi connectivity index (χ4n) is 3.98. The fraction of sp³-hybridized carbons (Fsp3) is 1.00. The lowest BCUT2D eigenvalue weighted by molar-refractivity contribution is 0.00985. The van der Waals surface area contributed by atoms with Crippen molar-refractivity contribution in [2.45, 2.75) is 102 Å². The van der Waals surface area contributed by atoms with Crippen LogP contribution in [0, 0.1) is 0 Å². The minimum atomic E-state index is 0.591. The maximum Gasteiger partial charge on any atom is 0.107 e. The molecule has 3 unspecified atom stereocenters. The zero-order chi connectivity index (χ0) is 16.9. The van der Waals surface area contributed by atoms with Crippen LogP contribution in [-0.2, 0) is 20.4 Å². The minimum Gasteiger partial charge on any atom is -0.378 e. The lowest BCUT2D eigenvalue weighted by Gasteiger charge is -2.22. The molecule has 0 N–H and O–H groups in total. The summed E-state index contributed by atoms with van der Waals surface area (Å²) in [6, 6.07) is 0. The Morgan fingerprint density at radius 1 is 0.667 bits per heavy atom. The second-order valence-corrected chi connectivity index (χ2v) is 10.2. The first-order valence-electron chi connectivity index (χ1n) is 10.7. The first-order valence-corrected chi connectivity index (χ1v) is 12.6. The SMILES string of the molecule is C[S+](CCCCCCC1CCCO1)CCCCCC1CCCCO1. The van der Waals surface area contributed by atoms with Gasteiger partial charge in [-0.2, -0.15) is 0 Å². The number of rotatable bonds is 13. The van der Waals surface area contributed by atoms with Crippen molar-refractivity contribution in [1.82, 2.24) is 0 Å². The van der Waals surface area contributed by atoms with Gasteiger partial charge in [0.05, 0.1) is 18.5 Å². The van der Waals surface area contributed by atoms with Gasteiger partial charge >= 0.3 is 0 Å². The van der Waals surface area contributed by atoms with Gasteiger partial charge in [-0.05, 0) is 81.5 Å². The Kier molecular flexibility index (Phi) is 11.6. The molecular weight excluding hydrogens is 316 g/mol. The smallest absolute Gasteiger partial charge is 0.107 e. The molecule has 0 aromatic rings. The molecule has 2 nitrogen and oxygen atoms in total. The van der Waals surface area contributed by atoms with Gasteiger partial charge in [0.1, 0.15) is 11.5 Å². The first-order chi connectivity index (χ1) is 11.8. The van der Waals surface area contributed by atoms with E-state index in [0.717, 1.165) is 13.2 Å². The molecule has 0 aliphatic carbocycles. The van der Waals surface area contributed by atoms with Gasteiger partial charge in [0, 0.05) is 13.2 Å². The van der Waals surface area contributed by atoms with Crippen LogP contribution in [0.25, 0.3) is 0 Å². The standard InChI is InChI=1S/C21H41O2S/c1-24(18-9-3-2-5-12-21-15-11-17-23-21)19-10-4-6-13-20-14-7-8-16-22-20/h20-21H,2-19H2,1H3/q+1. The average molecular weight is 358 g/mol. The summed E-state index contributed by atoms with van der Waals surface area (Å²) >= 11 is 0. The molecular formula is C21H41O2S+. The van der Waals surface area contributed by atoms with Gasteiger partial charge in [0.25, 0.3) is 0 Å². The summed E-state index contributed by atoms with van der Waals surface area (Å²) in [4.78, 5) is 0. The summed E-state index contributed by atoms with van der Waals surface area (Å²) in [5.74, 6) is 2.92. The largest absolute Gasteiger partial charge is 0.378 e. The molecule has 2 aliphatic heterocycles. The van der Waals surface area contributed by atoms with Gasteiger partial charge in [0.15, 0.2) is 0 Å². The van der Waals surface area contributed by atoms with E-state index < -0.39 is 0 Å². The van der Waals surface area contributed by atoms with E-state index in [9.17, 15) is 0 Å². The van der Waals surface area contributed by atoms with Crippen LogP contribution >= 0.6 is 0 Å². The maximum atomic E-state index is 5.82. The van der Waals surface area contributed by atoms with Gasteiger partial charge in [-0.15, -0.1) is 0 Å². The third-order valence-corrected chi connectivity index (χ3v) is 7.56. The summed E-state index contributed by atoms with van der Waals surface area (Å²) in [5, 5.41) is 0. The van der Waals surface area contributed by atoms with Crippen molar-refractivity contribution >= 4 is 10.9 Å². The van der Waals surface area contributed by atoms with Crippen molar-refractivity contribution < 1.29 is 9.47 Å². The third-order valence-electron chi connectivity index (χ3n) is 5.59. The fourth-order valence-corrected chi connectivity index (χ4v) is 5.58. The molecule has 3 atom stereocenters. The van der Waals surface area contributed by atoms with Gasteiger partial charge in [-0.1, -0.05) is 19.3 Å². The highest BCUT2D eigenvalue weighted by atomic mass is 32.2. The predicted molar refractivity (Wildman–Crippen MR) is 107 cm³/mol. The number of hydrogen-bond donors (Lipinski definition) is 0. The molecule has 2 fully saturated rings. The second-order valence-electron chi connectivity index (χ2n) is 7.87. The quantitative estimate of drug-likeness (QED) is 0.320. The summed E-state index contributed by atoms with van der Waals surface area (Å²) < 4.78 is 11.5. The van der Waals surface area contributed by atoms with E-state index in [1.165, 1.54) is 101 Å². The minimum absolute atomic E-state index is 0.591. The Labute approximate surface area is 153 Å². The van der Waals surface area contributed by atoms with Crippen molar-refractivity contribution in [3.8, 4) is 0 Å². The summed E-state index contributed by atoms with van der Waals surface area (Å²) in [7, 11) is 0.658. The van der Waals surface area contributed by atoms with E-state index in [-0.39, 0.29) is 0 Å². The molecule has 0 bridgehead atoms. The van der Waals surface area contributed by atoms with E-state index in [2.05, 4.69) is 6.26 Å². The Bertz CT molecular complexity index is 286. The van der Waals surface area contributed by atoms with Crippen molar-refractivity contribution in [3.05, 3.63) is 0 Å². The van der Waals surface area contributed by atoms with Gasteiger partial charge in [-0.25, -0.2) is 0 Å². The van der Waals surface area contributed by atoms with Crippen molar-refractivity contribution in [2.75, 3.05) is 31.0 Å². The van der Waals surface area contributed by atoms with Gasteiger partial charge in [-0.3, -0.25) is 0 Å². The van der Waals surface area contributed by atoms with Gasteiger partial charge < -0.3 is 9.47 Å². The van der Waals surface area contributed by atoms with E-state index in [1.54, 1.807) is 0 Å². The molecule has 0 radical (unpaired) electrons. The van der Waals surface area contributed by atoms with Crippen LogP contribution in [0.2, 0.25) is 0 Å². The maximum absolute atomic E-state index is 5.82. The Morgan fingerprint density at radius 3 is 1.75 bits per heavy atom. The van der Waals surface area contributed by atoms with E-state index >= 15 is 0 Å². The number of ether oxygens (including phenoxy) is 2. The second kappa shape index (κ2) is 13.5. The topological polar surface area (TPSA) is 18.5 Å². The molecule has 2 rings (SSSR count). The van der Waals surface area contributed by atoms with Crippen LogP contribution in [0.15, 0.2) is 0 Å². The Balaban J connectivity index is 1.31. The monoisotopic (exact) mass is 357 g/mol. The van der Waals surface area contributed by atoms with Crippen molar-refractivity contribution in [1.29, 1.82) is 0 Å². The number of unbranched alkanes of at least 4 members (excludes halogenated alkanes) is 5. The molecule has 0 amide bonds. The lowest BCUT2D eigenvalue weighted by atomic mass is 10.0. The first kappa shape index (κ1) is 20.6. The zero-order valence-corrected chi connectivity index (χ0v) is 16.9. The summed E-state index contributed by atoms with van der Waals surface area (Å²) in [5.41, 5.74) is 0. The van der Waals surface area contributed by atoms with Crippen LogP contribution in [-0.4, -0.2) is 43.2 Å². The lowest BCUT2D eigenvalue weighted by Crippen LogP contribution is -2.18. The van der Waals surface area contributed by atoms with Crippen LogP contribution in [0.1, 0.15) is 89.9 Å². The predicted octanol–water partition coefficient (Wildman–Crippen LogP) is 5.49. The highest BCUT2D eigenvalue weighted by Gasteiger charge is 2.15. The number of hydrogen-bond acceptors (Lipinski definition) is 2. The summed E-state index contributed by atoms with van der Waals surface area (Å²) in [6.07, 6.45) is 22.8. The molecule has 2 saturated heterocycles. The van der Waals surface area contributed by atoms with Crippen LogP contribution in [0.5, 0.6) is 0 Å². The molecule has 3 heteroatoms. The molecule has 0 spiro atoms. The van der Waals surface area contributed by atoms with E-state index in [0.29, 0.717) is 23.1 Å². The zero-order valence-electron chi connectivity index (χ0n) is 16.1. The highest BCUT2D eigenvalue weighted by Crippen LogP contribution is 2.19. The van der Waals surface area contributed by atoms with Crippen molar-refractivity contribution in [3.63, 3.8) is 0 Å². The van der Waals surface area contributed by atoms with Crippen molar-refractivity contribution in [2.24, 2.45) is 0 Å². The summed E-state index contributed by atoms with van der Waals surface area (Å²) in [6.45, 7) is 2.02. The Hall–Kier alpha value is 0.270. The average Bonchev–Trinajstić information content (AvgIpc) is 3.12. The van der Waals surface area contributed by atoms with Crippen LogP contribution in [0.4, 0.5) is 0 Å². The highest BCUT2D eigenvalue weighted by molar-refractivity contribution is 7.96. The molecule has 0 aromatic carbocycles.